The van der Waals surface area contributed by atoms with Crippen LogP contribution in [0.5, 0.6) is 11.5 Å². The van der Waals surface area contributed by atoms with Crippen LogP contribution in [-0.4, -0.2) is 45.0 Å². The van der Waals surface area contributed by atoms with Gasteiger partial charge < -0.3 is 25.4 Å². The van der Waals surface area contributed by atoms with Crippen molar-refractivity contribution in [3.8, 4) is 11.5 Å². The number of nitrogens with two attached hydrogens (primary N) is 1. The molecule has 0 aliphatic heterocycles. The number of benzene rings is 2. The Morgan fingerprint density at radius 2 is 1.64 bits per heavy atom. The van der Waals surface area contributed by atoms with Gasteiger partial charge in [-0.25, -0.2) is 0 Å². The minimum absolute atomic E-state index is 0.00572. The van der Waals surface area contributed by atoms with Gasteiger partial charge in [-0.15, -0.1) is 13.2 Å². The Bertz CT molecular complexity index is 775. The molecule has 6 nitrogen and oxygen atoms in total. The predicted octanol–water partition coefficient (Wildman–Crippen LogP) is 3.62. The van der Waals surface area contributed by atoms with E-state index in [-0.39, 0.29) is 17.8 Å². The fourth-order valence-corrected chi connectivity index (χ4v) is 2.51. The first kappa shape index (κ1) is 21.4. The van der Waals surface area contributed by atoms with Gasteiger partial charge in [-0.05, 0) is 56.1 Å². The lowest BCUT2D eigenvalue weighted by atomic mass is 10.1. The van der Waals surface area contributed by atoms with Crippen LogP contribution in [0.4, 0.5) is 18.9 Å². The van der Waals surface area contributed by atoms with Crippen molar-refractivity contribution in [1.82, 2.24) is 4.90 Å². The van der Waals surface area contributed by atoms with Crippen molar-refractivity contribution in [2.45, 2.75) is 12.4 Å². The molecule has 152 valence electrons. The van der Waals surface area contributed by atoms with E-state index in [9.17, 15) is 13.2 Å². The summed E-state index contributed by atoms with van der Waals surface area (Å²) in [6.07, 6.45) is -4.72. The third kappa shape index (κ3) is 6.66. The number of anilines is 1. The third-order valence-corrected chi connectivity index (χ3v) is 3.92. The van der Waals surface area contributed by atoms with Crippen LogP contribution in [-0.2, 0) is 0 Å². The number of guanidine groups is 1. The van der Waals surface area contributed by atoms with Crippen LogP contribution >= 0.6 is 0 Å². The lowest BCUT2D eigenvalue weighted by Gasteiger charge is -2.23. The molecular formula is C19H23F3N4O2. The highest BCUT2D eigenvalue weighted by Crippen LogP contribution is 2.24. The van der Waals surface area contributed by atoms with E-state index in [2.05, 4.69) is 15.0 Å². The van der Waals surface area contributed by atoms with Crippen molar-refractivity contribution < 1.29 is 22.6 Å². The molecule has 2 aromatic carbocycles. The van der Waals surface area contributed by atoms with Crippen molar-refractivity contribution in [1.29, 1.82) is 0 Å². The minimum Gasteiger partial charge on any atom is -0.497 e. The van der Waals surface area contributed by atoms with E-state index in [1.807, 2.05) is 43.3 Å². The van der Waals surface area contributed by atoms with Gasteiger partial charge in [0.15, 0.2) is 5.96 Å². The number of nitrogens with one attached hydrogen (secondary N) is 1. The topological polar surface area (TPSA) is 72.1 Å². The predicted molar refractivity (Wildman–Crippen MR) is 103 cm³/mol. The molecule has 0 saturated heterocycles. The zero-order valence-corrected chi connectivity index (χ0v) is 15.8. The van der Waals surface area contributed by atoms with Crippen molar-refractivity contribution in [3.05, 3.63) is 54.1 Å². The summed E-state index contributed by atoms with van der Waals surface area (Å²) < 4.78 is 45.6. The lowest BCUT2D eigenvalue weighted by molar-refractivity contribution is -0.274. The normalized spacial score (nSPS) is 13.3. The van der Waals surface area contributed by atoms with Crippen molar-refractivity contribution in [2.24, 2.45) is 10.7 Å². The maximum absolute atomic E-state index is 12.2. The highest BCUT2D eigenvalue weighted by molar-refractivity contribution is 5.92. The van der Waals surface area contributed by atoms with Crippen LogP contribution in [0.15, 0.2) is 53.5 Å². The molecule has 2 rings (SSSR count). The molecule has 0 aliphatic carbocycles. The monoisotopic (exact) mass is 396 g/mol. The number of halogens is 3. The summed E-state index contributed by atoms with van der Waals surface area (Å²) in [6.45, 7) is 0.396. The molecule has 0 spiro atoms. The second-order valence-corrected chi connectivity index (χ2v) is 6.18. The Balaban J connectivity index is 2.00. The molecule has 1 unspecified atom stereocenters. The smallest absolute Gasteiger partial charge is 0.497 e. The van der Waals surface area contributed by atoms with E-state index in [1.165, 1.54) is 24.3 Å². The SMILES string of the molecule is COc1ccc(C(CN=C(N)Nc2ccc(OC(F)(F)F)cc2)N(C)C)cc1. The van der Waals surface area contributed by atoms with E-state index in [1.54, 1.807) is 7.11 Å². The molecule has 0 aromatic heterocycles. The third-order valence-electron chi connectivity index (χ3n) is 3.92. The number of likely N-dealkylation sites (N-methyl/N-ethyl adjacent to an activating group) is 1. The molecule has 0 bridgehead atoms. The maximum Gasteiger partial charge on any atom is 0.573 e. The van der Waals surface area contributed by atoms with Crippen molar-refractivity contribution in [3.63, 3.8) is 0 Å². The molecular weight excluding hydrogens is 373 g/mol. The Labute approximate surface area is 161 Å². The molecule has 2 aromatic rings. The van der Waals surface area contributed by atoms with Crippen LogP contribution in [0, 0.1) is 0 Å². The summed E-state index contributed by atoms with van der Waals surface area (Å²) >= 11 is 0. The zero-order chi connectivity index (χ0) is 20.7. The second-order valence-electron chi connectivity index (χ2n) is 6.18. The number of hydrogen-bond acceptors (Lipinski definition) is 4. The highest BCUT2D eigenvalue weighted by atomic mass is 19.4. The largest absolute Gasteiger partial charge is 0.573 e. The van der Waals surface area contributed by atoms with Gasteiger partial charge in [-0.3, -0.25) is 4.99 Å². The van der Waals surface area contributed by atoms with Gasteiger partial charge in [0.05, 0.1) is 19.7 Å². The summed E-state index contributed by atoms with van der Waals surface area (Å²) in [5, 5.41) is 2.85. The van der Waals surface area contributed by atoms with Gasteiger partial charge in [0.25, 0.3) is 0 Å². The Kier molecular flexibility index (Phi) is 7.11. The van der Waals surface area contributed by atoms with Crippen molar-refractivity contribution >= 4 is 11.6 Å². The number of ether oxygens (including phenoxy) is 2. The van der Waals surface area contributed by atoms with Crippen LogP contribution < -0.4 is 20.5 Å². The molecule has 1 atom stereocenters. The molecule has 28 heavy (non-hydrogen) atoms. The van der Waals surface area contributed by atoms with E-state index >= 15 is 0 Å². The highest BCUT2D eigenvalue weighted by Gasteiger charge is 2.30. The van der Waals surface area contributed by atoms with Crippen LogP contribution in [0.2, 0.25) is 0 Å². The summed E-state index contributed by atoms with van der Waals surface area (Å²) in [7, 11) is 5.48. The summed E-state index contributed by atoms with van der Waals surface area (Å²) in [5.74, 6) is 0.620. The number of rotatable bonds is 7. The quantitative estimate of drug-likeness (QED) is 0.553. The summed E-state index contributed by atoms with van der Waals surface area (Å²) in [5.41, 5.74) is 7.46. The fraction of sp³-hybridized carbons (Fsp3) is 0.316. The molecule has 9 heteroatoms. The number of hydrogen-bond donors (Lipinski definition) is 2. The van der Waals surface area contributed by atoms with E-state index in [0.717, 1.165) is 11.3 Å². The van der Waals surface area contributed by atoms with Crippen LogP contribution in [0.1, 0.15) is 11.6 Å². The van der Waals surface area contributed by atoms with Gasteiger partial charge in [-0.2, -0.15) is 0 Å². The number of methoxy groups -OCH3 is 1. The molecule has 0 aliphatic rings. The first-order valence-corrected chi connectivity index (χ1v) is 8.41. The zero-order valence-electron chi connectivity index (χ0n) is 15.8. The first-order valence-electron chi connectivity index (χ1n) is 8.41. The number of nitrogens with zero attached hydrogens (tertiary/aromatic N) is 2. The molecule has 3 N–H and O–H groups in total. The molecule has 0 amide bonds. The Morgan fingerprint density at radius 3 is 2.14 bits per heavy atom. The van der Waals surface area contributed by atoms with Crippen molar-refractivity contribution in [2.75, 3.05) is 33.1 Å². The van der Waals surface area contributed by atoms with Gasteiger partial charge in [0.2, 0.25) is 0 Å². The lowest BCUT2D eigenvalue weighted by Crippen LogP contribution is -2.27. The van der Waals surface area contributed by atoms with E-state index in [0.29, 0.717) is 12.2 Å². The molecule has 0 saturated carbocycles. The first-order chi connectivity index (χ1) is 13.2. The molecule has 0 heterocycles. The standard InChI is InChI=1S/C19H23F3N4O2/c1-26(2)17(13-4-8-15(27-3)9-5-13)12-24-18(23)25-14-6-10-16(11-7-14)28-19(20,21)22/h4-11,17H,12H2,1-3H3,(H3,23,24,25). The van der Waals surface area contributed by atoms with Gasteiger partial charge in [0, 0.05) is 5.69 Å². The number of aliphatic imine (C=N–C) groups is 1. The van der Waals surface area contributed by atoms with Crippen LogP contribution in [0.3, 0.4) is 0 Å². The average Bonchev–Trinajstić information content (AvgIpc) is 2.62. The van der Waals surface area contributed by atoms with Gasteiger partial charge in [-0.1, -0.05) is 12.1 Å². The fourth-order valence-electron chi connectivity index (χ4n) is 2.51. The van der Waals surface area contributed by atoms with Crippen LogP contribution in [0.25, 0.3) is 0 Å². The van der Waals surface area contributed by atoms with E-state index in [4.69, 9.17) is 10.5 Å². The summed E-state index contributed by atoms with van der Waals surface area (Å²) in [4.78, 5) is 6.36. The molecule has 0 fully saturated rings. The average molecular weight is 396 g/mol. The molecule has 0 radical (unpaired) electrons. The maximum atomic E-state index is 12.2. The van der Waals surface area contributed by atoms with E-state index < -0.39 is 6.36 Å². The van der Waals surface area contributed by atoms with Gasteiger partial charge in [0.1, 0.15) is 11.5 Å². The van der Waals surface area contributed by atoms with Gasteiger partial charge >= 0.3 is 6.36 Å². The minimum atomic E-state index is -4.72. The second kappa shape index (κ2) is 9.32. The summed E-state index contributed by atoms with van der Waals surface area (Å²) in [6, 6.07) is 12.9. The Hall–Kier alpha value is -2.94. The Morgan fingerprint density at radius 1 is 1.07 bits per heavy atom. The number of alkyl halides is 3.